The highest BCUT2D eigenvalue weighted by molar-refractivity contribution is 5.97. The van der Waals surface area contributed by atoms with Crippen LogP contribution in [0.4, 0.5) is 0 Å². The molecule has 5 nitrogen and oxygen atoms in total. The molecule has 0 aliphatic carbocycles. The van der Waals surface area contributed by atoms with Gasteiger partial charge in [-0.1, -0.05) is 0 Å². The number of carbonyl (C=O) groups is 2. The lowest BCUT2D eigenvalue weighted by Crippen LogP contribution is -2.14. The number of carboxylic acid groups (broad SMARTS) is 2. The predicted molar refractivity (Wildman–Crippen MR) is 37.1 cm³/mol. The van der Waals surface area contributed by atoms with Crippen LogP contribution >= 0.6 is 0 Å². The Morgan fingerprint density at radius 1 is 1.33 bits per heavy atom. The fourth-order valence-corrected chi connectivity index (χ4v) is 0.810. The van der Waals surface area contributed by atoms with E-state index in [1.807, 2.05) is 0 Å². The summed E-state index contributed by atoms with van der Waals surface area (Å²) < 4.78 is 4.53. The van der Waals surface area contributed by atoms with E-state index < -0.39 is 17.7 Å². The maximum Gasteiger partial charge on any atom is 0.372 e. The number of carboxylic acids is 2. The van der Waals surface area contributed by atoms with E-state index >= 15 is 0 Å². The van der Waals surface area contributed by atoms with Crippen LogP contribution in [0.15, 0.2) is 23.7 Å². The highest BCUT2D eigenvalue weighted by Gasteiger charge is 2.22. The summed E-state index contributed by atoms with van der Waals surface area (Å²) in [6.07, 6.45) is 2.68. The Balaban J connectivity index is 3.01. The number of hydrogen-bond donors (Lipinski definition) is 2. The zero-order valence-corrected chi connectivity index (χ0v) is 5.98. The number of allylic oxidation sites excluding steroid dienone is 1. The first-order chi connectivity index (χ1) is 5.63. The molecule has 0 unspecified atom stereocenters. The van der Waals surface area contributed by atoms with Gasteiger partial charge in [-0.05, 0) is 6.08 Å². The summed E-state index contributed by atoms with van der Waals surface area (Å²) in [4.78, 5) is 20.8. The minimum atomic E-state index is -1.36. The van der Waals surface area contributed by atoms with Gasteiger partial charge in [0.15, 0.2) is 0 Å². The van der Waals surface area contributed by atoms with Gasteiger partial charge in [0.2, 0.25) is 5.76 Å². The normalized spacial score (nSPS) is 15.7. The number of rotatable bonds is 2. The molecule has 0 aromatic carbocycles. The molecular weight excluding hydrogens is 164 g/mol. The quantitative estimate of drug-likeness (QED) is 0.624. The first kappa shape index (κ1) is 8.32. The number of hydrogen-bond acceptors (Lipinski definition) is 3. The molecule has 0 bridgehead atoms. The van der Waals surface area contributed by atoms with Crippen LogP contribution in [0, 0.1) is 0 Å². The van der Waals surface area contributed by atoms with E-state index in [-0.39, 0.29) is 12.0 Å². The highest BCUT2D eigenvalue weighted by atomic mass is 16.5. The van der Waals surface area contributed by atoms with Crippen molar-refractivity contribution in [1.29, 1.82) is 0 Å². The fourth-order valence-electron chi connectivity index (χ4n) is 0.810. The van der Waals surface area contributed by atoms with Gasteiger partial charge in [0.05, 0.1) is 11.8 Å². The smallest absolute Gasteiger partial charge is 0.372 e. The summed E-state index contributed by atoms with van der Waals surface area (Å²) >= 11 is 0. The molecule has 0 fully saturated rings. The minimum Gasteiger partial charge on any atom is -0.478 e. The van der Waals surface area contributed by atoms with E-state index in [9.17, 15) is 9.59 Å². The van der Waals surface area contributed by atoms with Crippen LogP contribution < -0.4 is 0 Å². The molecule has 64 valence electrons. The summed E-state index contributed by atoms with van der Waals surface area (Å²) in [5.41, 5.74) is -0.231. The van der Waals surface area contributed by atoms with Gasteiger partial charge < -0.3 is 14.9 Å². The molecule has 0 spiro atoms. The standard InChI is InChI=1S/C7H6O5/c8-6(9)4-2-1-3-12-5(4)7(10)11/h1,3H,2H2,(H,8,9)(H,10,11). The predicted octanol–water partition coefficient (Wildman–Crippen LogP) is 0.344. The van der Waals surface area contributed by atoms with Crippen molar-refractivity contribution < 1.29 is 24.5 Å². The fraction of sp³-hybridized carbons (Fsp3) is 0.143. The molecule has 1 aliphatic rings. The van der Waals surface area contributed by atoms with Crippen LogP contribution in [0.25, 0.3) is 0 Å². The Morgan fingerprint density at radius 2 is 2.00 bits per heavy atom. The maximum absolute atomic E-state index is 10.4. The summed E-state index contributed by atoms with van der Waals surface area (Å²) in [6.45, 7) is 0. The van der Waals surface area contributed by atoms with E-state index in [2.05, 4.69) is 4.74 Å². The Bertz CT molecular complexity index is 258. The van der Waals surface area contributed by atoms with Gasteiger partial charge in [-0.3, -0.25) is 0 Å². The lowest BCUT2D eigenvalue weighted by Gasteiger charge is -2.09. The van der Waals surface area contributed by atoms with Crippen molar-refractivity contribution in [3.05, 3.63) is 23.7 Å². The van der Waals surface area contributed by atoms with Crippen molar-refractivity contribution in [3.8, 4) is 0 Å². The Hall–Kier alpha value is -1.78. The zero-order chi connectivity index (χ0) is 9.14. The Morgan fingerprint density at radius 3 is 2.42 bits per heavy atom. The summed E-state index contributed by atoms with van der Waals surface area (Å²) in [6, 6.07) is 0. The van der Waals surface area contributed by atoms with Crippen molar-refractivity contribution in [1.82, 2.24) is 0 Å². The second-order valence-corrected chi connectivity index (χ2v) is 2.11. The van der Waals surface area contributed by atoms with Crippen molar-refractivity contribution in [3.63, 3.8) is 0 Å². The topological polar surface area (TPSA) is 83.8 Å². The molecule has 0 atom stereocenters. The van der Waals surface area contributed by atoms with Crippen LogP contribution in [0.2, 0.25) is 0 Å². The average molecular weight is 170 g/mol. The van der Waals surface area contributed by atoms with Crippen LogP contribution in [-0.2, 0) is 14.3 Å². The van der Waals surface area contributed by atoms with E-state index in [0.29, 0.717) is 0 Å². The van der Waals surface area contributed by atoms with Crippen LogP contribution in [0.5, 0.6) is 0 Å². The third kappa shape index (κ3) is 1.45. The molecule has 12 heavy (non-hydrogen) atoms. The van der Waals surface area contributed by atoms with Crippen molar-refractivity contribution in [2.24, 2.45) is 0 Å². The number of aliphatic carboxylic acids is 2. The molecule has 0 saturated carbocycles. The Labute approximate surface area is 67.6 Å². The van der Waals surface area contributed by atoms with Gasteiger partial charge in [0, 0.05) is 6.42 Å². The second kappa shape index (κ2) is 3.08. The van der Waals surface area contributed by atoms with Gasteiger partial charge in [0.25, 0.3) is 0 Å². The van der Waals surface area contributed by atoms with E-state index in [1.54, 1.807) is 0 Å². The summed E-state index contributed by atoms with van der Waals surface area (Å²) in [5.74, 6) is -3.14. The zero-order valence-electron chi connectivity index (χ0n) is 5.98. The van der Waals surface area contributed by atoms with E-state index in [4.69, 9.17) is 10.2 Å². The van der Waals surface area contributed by atoms with Gasteiger partial charge in [-0.25, -0.2) is 9.59 Å². The monoisotopic (exact) mass is 170 g/mol. The van der Waals surface area contributed by atoms with Gasteiger partial charge in [-0.2, -0.15) is 0 Å². The molecule has 0 amide bonds. The average Bonchev–Trinajstić information content (AvgIpc) is 2.04. The third-order valence-electron chi connectivity index (χ3n) is 1.33. The first-order valence-electron chi connectivity index (χ1n) is 3.14. The molecule has 2 N–H and O–H groups in total. The first-order valence-corrected chi connectivity index (χ1v) is 3.14. The van der Waals surface area contributed by atoms with Crippen LogP contribution in [-0.4, -0.2) is 22.2 Å². The van der Waals surface area contributed by atoms with Crippen molar-refractivity contribution in [2.75, 3.05) is 0 Å². The summed E-state index contributed by atoms with van der Waals surface area (Å²) in [7, 11) is 0. The number of ether oxygens (including phenoxy) is 1. The molecule has 1 aliphatic heterocycles. The van der Waals surface area contributed by atoms with Crippen molar-refractivity contribution in [2.45, 2.75) is 6.42 Å². The van der Waals surface area contributed by atoms with E-state index in [0.717, 1.165) is 6.26 Å². The molecule has 0 radical (unpaired) electrons. The molecular formula is C7H6O5. The Kier molecular flexibility index (Phi) is 2.14. The highest BCUT2D eigenvalue weighted by Crippen LogP contribution is 2.17. The molecule has 1 heterocycles. The second-order valence-electron chi connectivity index (χ2n) is 2.11. The molecule has 1 rings (SSSR count). The van der Waals surface area contributed by atoms with E-state index in [1.165, 1.54) is 6.08 Å². The molecule has 0 saturated heterocycles. The minimum absolute atomic E-state index is 0.0803. The largest absolute Gasteiger partial charge is 0.478 e. The van der Waals surface area contributed by atoms with Crippen LogP contribution in [0.1, 0.15) is 6.42 Å². The molecule has 0 aromatic rings. The molecule has 0 aromatic heterocycles. The SMILES string of the molecule is O=C(O)C1=C(C(=O)O)OC=CC1. The van der Waals surface area contributed by atoms with Crippen molar-refractivity contribution >= 4 is 11.9 Å². The summed E-state index contributed by atoms with van der Waals surface area (Å²) in [5, 5.41) is 17.0. The van der Waals surface area contributed by atoms with Gasteiger partial charge >= 0.3 is 11.9 Å². The lowest BCUT2D eigenvalue weighted by atomic mass is 10.1. The maximum atomic E-state index is 10.4. The lowest BCUT2D eigenvalue weighted by molar-refractivity contribution is -0.138. The van der Waals surface area contributed by atoms with Crippen LogP contribution in [0.3, 0.4) is 0 Å². The third-order valence-corrected chi connectivity index (χ3v) is 1.33. The molecule has 5 heteroatoms. The van der Waals surface area contributed by atoms with Gasteiger partial charge in [-0.15, -0.1) is 0 Å². The van der Waals surface area contributed by atoms with Gasteiger partial charge in [0.1, 0.15) is 0 Å².